The van der Waals surface area contributed by atoms with Gasteiger partial charge in [0, 0.05) is 16.6 Å². The third kappa shape index (κ3) is 2.03. The molecule has 1 aromatic rings. The van der Waals surface area contributed by atoms with E-state index < -0.39 is 5.92 Å². The third-order valence-corrected chi connectivity index (χ3v) is 3.72. The maximum absolute atomic E-state index is 12.7. The fourth-order valence-corrected chi connectivity index (χ4v) is 2.82. The number of likely N-dealkylation sites (tertiary alicyclic amines) is 1. The molecule has 0 aromatic heterocycles. The second kappa shape index (κ2) is 3.99. The van der Waals surface area contributed by atoms with Gasteiger partial charge in [-0.1, -0.05) is 15.9 Å². The van der Waals surface area contributed by atoms with Gasteiger partial charge in [-0.25, -0.2) is 8.78 Å². The number of amides is 1. The van der Waals surface area contributed by atoms with Crippen LogP contribution in [0, 0.1) is 0 Å². The number of hydrogen-bond donors (Lipinski definition) is 0. The normalized spacial score (nSPS) is 21.9. The van der Waals surface area contributed by atoms with Gasteiger partial charge >= 0.3 is 0 Å². The number of hydrogen-bond acceptors (Lipinski definition) is 2. The number of benzene rings is 1. The van der Waals surface area contributed by atoms with Crippen molar-refractivity contribution in [3.63, 3.8) is 0 Å². The van der Waals surface area contributed by atoms with E-state index in [-0.39, 0.29) is 25.7 Å². The van der Waals surface area contributed by atoms with Crippen molar-refractivity contribution in [2.45, 2.75) is 12.5 Å². The van der Waals surface area contributed by atoms with Crippen molar-refractivity contribution in [1.82, 2.24) is 9.80 Å². The Kier molecular flexibility index (Phi) is 2.67. The minimum Gasteiger partial charge on any atom is -0.321 e. The largest absolute Gasteiger partial charge is 0.321 e. The predicted molar refractivity (Wildman–Crippen MR) is 65.4 cm³/mol. The first kappa shape index (κ1) is 12.0. The van der Waals surface area contributed by atoms with E-state index in [4.69, 9.17) is 0 Å². The maximum atomic E-state index is 12.7. The molecule has 3 nitrogen and oxygen atoms in total. The first-order valence-corrected chi connectivity index (χ1v) is 6.42. The second-order valence-electron chi connectivity index (χ2n) is 4.79. The number of carbonyl (C=O) groups is 1. The van der Waals surface area contributed by atoms with Gasteiger partial charge in [-0.2, -0.15) is 0 Å². The lowest BCUT2D eigenvalue weighted by atomic mass is 10.1. The highest BCUT2D eigenvalue weighted by Gasteiger charge is 2.45. The summed E-state index contributed by atoms with van der Waals surface area (Å²) < 4.78 is 26.4. The van der Waals surface area contributed by atoms with Gasteiger partial charge in [-0.05, 0) is 23.8 Å². The average molecular weight is 317 g/mol. The molecule has 0 unspecified atom stereocenters. The van der Waals surface area contributed by atoms with E-state index >= 15 is 0 Å². The number of rotatable bonds is 2. The highest BCUT2D eigenvalue weighted by molar-refractivity contribution is 9.10. The first-order valence-electron chi connectivity index (χ1n) is 5.62. The van der Waals surface area contributed by atoms with E-state index in [0.29, 0.717) is 12.1 Å². The van der Waals surface area contributed by atoms with Crippen LogP contribution in [0.15, 0.2) is 22.7 Å². The van der Waals surface area contributed by atoms with Crippen molar-refractivity contribution in [1.29, 1.82) is 0 Å². The summed E-state index contributed by atoms with van der Waals surface area (Å²) >= 11 is 3.36. The molecule has 18 heavy (non-hydrogen) atoms. The SMILES string of the molecule is O=C1c2ccc(Br)cc2CN1CN1CC(F)(F)C1. The molecule has 6 heteroatoms. The Morgan fingerprint density at radius 1 is 1.33 bits per heavy atom. The number of nitrogens with zero attached hydrogens (tertiary/aromatic N) is 2. The lowest BCUT2D eigenvalue weighted by Crippen LogP contribution is -2.59. The quantitative estimate of drug-likeness (QED) is 0.836. The van der Waals surface area contributed by atoms with Gasteiger partial charge in [-0.3, -0.25) is 9.69 Å². The molecule has 2 heterocycles. The van der Waals surface area contributed by atoms with E-state index in [9.17, 15) is 13.6 Å². The van der Waals surface area contributed by atoms with Gasteiger partial charge in [0.15, 0.2) is 0 Å². The van der Waals surface area contributed by atoms with Crippen molar-refractivity contribution in [3.8, 4) is 0 Å². The predicted octanol–water partition coefficient (Wildman–Crippen LogP) is 2.31. The molecule has 1 amide bonds. The molecular weight excluding hydrogens is 306 g/mol. The molecule has 2 aliphatic rings. The second-order valence-corrected chi connectivity index (χ2v) is 5.70. The van der Waals surface area contributed by atoms with Crippen molar-refractivity contribution in [3.05, 3.63) is 33.8 Å². The first-order chi connectivity index (χ1) is 8.44. The number of alkyl halides is 2. The van der Waals surface area contributed by atoms with Crippen LogP contribution in [-0.2, 0) is 6.54 Å². The Morgan fingerprint density at radius 2 is 2.06 bits per heavy atom. The lowest BCUT2D eigenvalue weighted by Gasteiger charge is -2.40. The summed E-state index contributed by atoms with van der Waals surface area (Å²) in [5, 5.41) is 0. The van der Waals surface area contributed by atoms with Crippen LogP contribution >= 0.6 is 15.9 Å². The van der Waals surface area contributed by atoms with Crippen molar-refractivity contribution in [2.24, 2.45) is 0 Å². The fourth-order valence-electron chi connectivity index (χ4n) is 2.41. The van der Waals surface area contributed by atoms with Crippen molar-refractivity contribution >= 4 is 21.8 Å². The van der Waals surface area contributed by atoms with E-state index in [1.165, 1.54) is 0 Å². The van der Waals surface area contributed by atoms with Crippen LogP contribution in [0.1, 0.15) is 15.9 Å². The molecule has 1 fully saturated rings. The zero-order valence-electron chi connectivity index (χ0n) is 9.50. The Hall–Kier alpha value is -1.01. The molecule has 2 aliphatic heterocycles. The van der Waals surface area contributed by atoms with Crippen LogP contribution in [0.25, 0.3) is 0 Å². The smallest absolute Gasteiger partial charge is 0.273 e. The van der Waals surface area contributed by atoms with E-state index in [2.05, 4.69) is 15.9 Å². The summed E-state index contributed by atoms with van der Waals surface area (Å²) in [4.78, 5) is 15.2. The molecule has 1 aromatic carbocycles. The Bertz CT molecular complexity index is 513. The molecule has 0 atom stereocenters. The van der Waals surface area contributed by atoms with Gasteiger partial charge < -0.3 is 4.90 Å². The maximum Gasteiger partial charge on any atom is 0.273 e. The van der Waals surface area contributed by atoms with Gasteiger partial charge in [0.2, 0.25) is 0 Å². The molecule has 0 spiro atoms. The van der Waals surface area contributed by atoms with Crippen LogP contribution in [-0.4, -0.2) is 41.4 Å². The highest BCUT2D eigenvalue weighted by atomic mass is 79.9. The Morgan fingerprint density at radius 3 is 2.72 bits per heavy atom. The summed E-state index contributed by atoms with van der Waals surface area (Å²) in [5.41, 5.74) is 1.62. The van der Waals surface area contributed by atoms with Crippen LogP contribution in [0.2, 0.25) is 0 Å². The number of fused-ring (bicyclic) bond motifs is 1. The lowest BCUT2D eigenvalue weighted by molar-refractivity contribution is -0.141. The van der Waals surface area contributed by atoms with E-state index in [0.717, 1.165) is 10.0 Å². The van der Waals surface area contributed by atoms with Gasteiger partial charge in [-0.15, -0.1) is 0 Å². The molecule has 0 saturated carbocycles. The average Bonchev–Trinajstić information content (AvgIpc) is 2.53. The van der Waals surface area contributed by atoms with Crippen LogP contribution < -0.4 is 0 Å². The van der Waals surface area contributed by atoms with Crippen molar-refractivity contribution in [2.75, 3.05) is 19.8 Å². The molecular formula is C12H11BrF2N2O. The van der Waals surface area contributed by atoms with E-state index in [1.807, 2.05) is 12.1 Å². The third-order valence-electron chi connectivity index (χ3n) is 3.23. The topological polar surface area (TPSA) is 23.6 Å². The number of halogens is 3. The van der Waals surface area contributed by atoms with Crippen LogP contribution in [0.5, 0.6) is 0 Å². The number of carbonyl (C=O) groups excluding carboxylic acids is 1. The van der Waals surface area contributed by atoms with Crippen LogP contribution in [0.4, 0.5) is 8.78 Å². The molecule has 96 valence electrons. The summed E-state index contributed by atoms with van der Waals surface area (Å²) in [7, 11) is 0. The molecule has 0 aliphatic carbocycles. The summed E-state index contributed by atoms with van der Waals surface area (Å²) in [6.45, 7) is 0.268. The van der Waals surface area contributed by atoms with Gasteiger partial charge in [0.05, 0.1) is 19.8 Å². The molecule has 3 rings (SSSR count). The summed E-state index contributed by atoms with van der Waals surface area (Å²) in [5.74, 6) is -2.66. The zero-order valence-corrected chi connectivity index (χ0v) is 11.1. The zero-order chi connectivity index (χ0) is 12.9. The van der Waals surface area contributed by atoms with E-state index in [1.54, 1.807) is 15.9 Å². The molecule has 1 saturated heterocycles. The minimum absolute atomic E-state index is 0.0762. The van der Waals surface area contributed by atoms with Crippen molar-refractivity contribution < 1.29 is 13.6 Å². The summed E-state index contributed by atoms with van der Waals surface area (Å²) in [6.07, 6.45) is 0. The Balaban J connectivity index is 1.69. The summed E-state index contributed by atoms with van der Waals surface area (Å²) in [6, 6.07) is 5.49. The minimum atomic E-state index is -2.58. The fraction of sp³-hybridized carbons (Fsp3) is 0.417. The van der Waals surface area contributed by atoms with Gasteiger partial charge in [0.1, 0.15) is 0 Å². The highest BCUT2D eigenvalue weighted by Crippen LogP contribution is 2.30. The molecule has 0 N–H and O–H groups in total. The molecule has 0 bridgehead atoms. The standard InChI is InChI=1S/C12H11BrF2N2O/c13-9-1-2-10-8(3-9)4-17(11(10)18)7-16-5-12(14,15)6-16/h1-3H,4-7H2. The molecule has 0 radical (unpaired) electrons. The van der Waals surface area contributed by atoms with Crippen LogP contribution in [0.3, 0.4) is 0 Å². The Labute approximate surface area is 111 Å². The monoisotopic (exact) mass is 316 g/mol. The van der Waals surface area contributed by atoms with Gasteiger partial charge in [0.25, 0.3) is 11.8 Å².